The Kier molecular flexibility index (Phi) is 4.98. The highest BCUT2D eigenvalue weighted by Gasteiger charge is 2.35. The second kappa shape index (κ2) is 6.76. The molecule has 7 heteroatoms. The van der Waals surface area contributed by atoms with E-state index >= 15 is 0 Å². The van der Waals surface area contributed by atoms with Crippen molar-refractivity contribution < 1.29 is 22.4 Å². The summed E-state index contributed by atoms with van der Waals surface area (Å²) < 4.78 is 51.8. The molecule has 1 atom stereocenters. The van der Waals surface area contributed by atoms with Crippen molar-refractivity contribution in [2.45, 2.75) is 19.0 Å². The average Bonchev–Trinajstić information content (AvgIpc) is 2.52. The van der Waals surface area contributed by atoms with Crippen LogP contribution in [0.2, 0.25) is 0 Å². The number of aromatic nitrogens is 1. The summed E-state index contributed by atoms with van der Waals surface area (Å²) in [6.45, 7) is 2.00. The lowest BCUT2D eigenvalue weighted by molar-refractivity contribution is -0.140. The number of carbonyl (C=O) groups is 1. The summed E-state index contributed by atoms with van der Waals surface area (Å²) in [5.41, 5.74) is -1.17. The van der Waals surface area contributed by atoms with Crippen molar-refractivity contribution in [3.63, 3.8) is 0 Å². The van der Waals surface area contributed by atoms with E-state index in [-0.39, 0.29) is 12.5 Å². The van der Waals surface area contributed by atoms with Crippen LogP contribution in [0.25, 0.3) is 0 Å². The summed E-state index contributed by atoms with van der Waals surface area (Å²) in [6, 6.07) is 6.17. The first-order chi connectivity index (χ1) is 10.8. The third kappa shape index (κ3) is 4.06. The van der Waals surface area contributed by atoms with Crippen molar-refractivity contribution >= 4 is 5.91 Å². The van der Waals surface area contributed by atoms with Gasteiger partial charge in [0.2, 0.25) is 0 Å². The lowest BCUT2D eigenvalue weighted by Crippen LogP contribution is -2.29. The molecular formula is C16H14F4N2O. The number of alkyl halides is 3. The maximum absolute atomic E-state index is 13.9. The van der Waals surface area contributed by atoms with Crippen molar-refractivity contribution in [3.8, 4) is 0 Å². The lowest BCUT2D eigenvalue weighted by atomic mass is 10.0. The van der Waals surface area contributed by atoms with Crippen molar-refractivity contribution in [1.29, 1.82) is 0 Å². The van der Waals surface area contributed by atoms with E-state index in [0.29, 0.717) is 6.07 Å². The van der Waals surface area contributed by atoms with Crippen LogP contribution >= 0.6 is 0 Å². The Morgan fingerprint density at radius 2 is 1.87 bits per heavy atom. The molecule has 0 saturated heterocycles. The van der Waals surface area contributed by atoms with E-state index in [4.69, 9.17) is 0 Å². The highest BCUT2D eigenvalue weighted by Crippen LogP contribution is 2.32. The molecule has 0 aliphatic heterocycles. The van der Waals surface area contributed by atoms with Crippen LogP contribution in [0.15, 0.2) is 42.7 Å². The van der Waals surface area contributed by atoms with E-state index in [9.17, 15) is 22.4 Å². The molecule has 1 amide bonds. The number of carbonyl (C=O) groups excluding carboxylic acids is 1. The molecule has 0 radical (unpaired) electrons. The van der Waals surface area contributed by atoms with Gasteiger partial charge >= 0.3 is 6.18 Å². The molecule has 0 bridgehead atoms. The first kappa shape index (κ1) is 16.9. The maximum atomic E-state index is 13.9. The predicted octanol–water partition coefficient (Wildman–Crippen LogP) is 3.77. The first-order valence-corrected chi connectivity index (χ1v) is 6.84. The summed E-state index contributed by atoms with van der Waals surface area (Å²) in [4.78, 5) is 15.8. The summed E-state index contributed by atoms with van der Waals surface area (Å²) in [5, 5.41) is 2.45. The highest BCUT2D eigenvalue weighted by molar-refractivity contribution is 5.94. The Hall–Kier alpha value is -2.44. The number of halogens is 4. The number of hydrogen-bond acceptors (Lipinski definition) is 2. The molecule has 1 aromatic carbocycles. The van der Waals surface area contributed by atoms with Gasteiger partial charge < -0.3 is 5.32 Å². The van der Waals surface area contributed by atoms with Crippen molar-refractivity contribution in [1.82, 2.24) is 10.3 Å². The van der Waals surface area contributed by atoms with Crippen LogP contribution in [-0.2, 0) is 6.18 Å². The van der Waals surface area contributed by atoms with E-state index < -0.39 is 29.0 Å². The predicted molar refractivity (Wildman–Crippen MR) is 76.4 cm³/mol. The summed E-state index contributed by atoms with van der Waals surface area (Å²) in [5.74, 6) is -2.53. The molecule has 23 heavy (non-hydrogen) atoms. The minimum Gasteiger partial charge on any atom is -0.351 e. The summed E-state index contributed by atoms with van der Waals surface area (Å²) >= 11 is 0. The van der Waals surface area contributed by atoms with Crippen LogP contribution in [0.1, 0.15) is 34.3 Å². The maximum Gasteiger partial charge on any atom is 0.419 e. The Balaban J connectivity index is 2.10. The Morgan fingerprint density at radius 1 is 1.22 bits per heavy atom. The Morgan fingerprint density at radius 3 is 2.48 bits per heavy atom. The van der Waals surface area contributed by atoms with Gasteiger partial charge in [0.1, 0.15) is 5.82 Å². The van der Waals surface area contributed by atoms with Crippen LogP contribution in [0.4, 0.5) is 17.6 Å². The van der Waals surface area contributed by atoms with Gasteiger partial charge in [0.25, 0.3) is 5.91 Å². The van der Waals surface area contributed by atoms with Gasteiger partial charge in [-0.15, -0.1) is 0 Å². The molecule has 1 heterocycles. The molecule has 122 valence electrons. The van der Waals surface area contributed by atoms with Gasteiger partial charge in [0.15, 0.2) is 0 Å². The second-order valence-corrected chi connectivity index (χ2v) is 5.06. The standard InChI is InChI=1S/C16H14F4N2O/c1-10(11-5-7-21-8-6-11)9-22-15(23)12-3-2-4-13(14(12)17)16(18,19)20/h2-8,10H,9H2,1H3,(H,22,23). The SMILES string of the molecule is CC(CNC(=O)c1cccc(C(F)(F)F)c1F)c1ccncc1. The molecular weight excluding hydrogens is 312 g/mol. The van der Waals surface area contributed by atoms with Gasteiger partial charge in [-0.25, -0.2) is 4.39 Å². The molecule has 1 N–H and O–H groups in total. The minimum absolute atomic E-state index is 0.0872. The number of rotatable bonds is 4. The van der Waals surface area contributed by atoms with Gasteiger partial charge in [0.05, 0.1) is 11.1 Å². The fraction of sp³-hybridized carbons (Fsp3) is 0.250. The third-order valence-corrected chi connectivity index (χ3v) is 3.39. The average molecular weight is 326 g/mol. The summed E-state index contributed by atoms with van der Waals surface area (Å²) in [7, 11) is 0. The largest absolute Gasteiger partial charge is 0.419 e. The van der Waals surface area contributed by atoms with Gasteiger partial charge in [-0.2, -0.15) is 13.2 Å². The number of hydrogen-bond donors (Lipinski definition) is 1. The quantitative estimate of drug-likeness (QED) is 0.869. The monoisotopic (exact) mass is 326 g/mol. The van der Waals surface area contributed by atoms with Crippen molar-refractivity contribution in [3.05, 3.63) is 65.2 Å². The number of amides is 1. The smallest absolute Gasteiger partial charge is 0.351 e. The molecule has 0 aliphatic carbocycles. The van der Waals surface area contributed by atoms with Gasteiger partial charge in [-0.3, -0.25) is 9.78 Å². The fourth-order valence-corrected chi connectivity index (χ4v) is 2.08. The van der Waals surface area contributed by atoms with E-state index in [1.54, 1.807) is 24.5 Å². The molecule has 2 rings (SSSR count). The van der Waals surface area contributed by atoms with Crippen LogP contribution in [-0.4, -0.2) is 17.4 Å². The highest BCUT2D eigenvalue weighted by atomic mass is 19.4. The van der Waals surface area contributed by atoms with Crippen LogP contribution in [0.5, 0.6) is 0 Å². The number of nitrogens with zero attached hydrogens (tertiary/aromatic N) is 1. The Bertz CT molecular complexity index is 686. The third-order valence-electron chi connectivity index (χ3n) is 3.39. The van der Waals surface area contributed by atoms with Crippen LogP contribution in [0, 0.1) is 5.82 Å². The molecule has 1 unspecified atom stereocenters. The van der Waals surface area contributed by atoms with Crippen LogP contribution in [0.3, 0.4) is 0 Å². The molecule has 0 saturated carbocycles. The fourth-order valence-electron chi connectivity index (χ4n) is 2.08. The number of pyridine rings is 1. The minimum atomic E-state index is -4.84. The van der Waals surface area contributed by atoms with E-state index in [2.05, 4.69) is 10.3 Å². The summed E-state index contributed by atoms with van der Waals surface area (Å²) in [6.07, 6.45) is -1.65. The van der Waals surface area contributed by atoms with Gasteiger partial charge in [-0.05, 0) is 35.7 Å². The van der Waals surface area contributed by atoms with E-state index in [1.807, 2.05) is 6.92 Å². The molecule has 0 aliphatic rings. The molecule has 3 nitrogen and oxygen atoms in total. The molecule has 0 fully saturated rings. The zero-order valence-electron chi connectivity index (χ0n) is 12.2. The van der Waals surface area contributed by atoms with Crippen molar-refractivity contribution in [2.75, 3.05) is 6.54 Å². The van der Waals surface area contributed by atoms with Crippen LogP contribution < -0.4 is 5.32 Å². The zero-order chi connectivity index (χ0) is 17.0. The molecule has 0 spiro atoms. The normalized spacial score (nSPS) is 12.7. The number of benzene rings is 1. The lowest BCUT2D eigenvalue weighted by Gasteiger charge is -2.14. The number of nitrogens with one attached hydrogen (secondary N) is 1. The molecule has 1 aromatic heterocycles. The first-order valence-electron chi connectivity index (χ1n) is 6.84. The topological polar surface area (TPSA) is 42.0 Å². The Labute approximate surface area is 130 Å². The van der Waals surface area contributed by atoms with E-state index in [1.165, 1.54) is 0 Å². The van der Waals surface area contributed by atoms with E-state index in [0.717, 1.165) is 17.7 Å². The molecule has 2 aromatic rings. The zero-order valence-corrected chi connectivity index (χ0v) is 12.2. The van der Waals surface area contributed by atoms with Gasteiger partial charge in [0, 0.05) is 18.9 Å². The van der Waals surface area contributed by atoms with Gasteiger partial charge in [-0.1, -0.05) is 13.0 Å². The van der Waals surface area contributed by atoms with Crippen molar-refractivity contribution in [2.24, 2.45) is 0 Å². The second-order valence-electron chi connectivity index (χ2n) is 5.06.